The second kappa shape index (κ2) is 11.0. The zero-order valence-corrected chi connectivity index (χ0v) is 27.2. The molecule has 0 atom stereocenters. The summed E-state index contributed by atoms with van der Waals surface area (Å²) in [5.74, 6) is 0. The van der Waals surface area contributed by atoms with Crippen LogP contribution in [0.25, 0.3) is 58.8 Å². The SMILES string of the molecule is Brc1ccccc1-c1ccc(N(c2ccccc2)c2ccc3c4ccc5sc6ccccc6c5c4n(-c4ccccc4)c3c2)cc1. The van der Waals surface area contributed by atoms with Crippen molar-refractivity contribution in [2.24, 2.45) is 0 Å². The van der Waals surface area contributed by atoms with Crippen LogP contribution in [-0.2, 0) is 0 Å². The molecule has 0 radical (unpaired) electrons. The number of rotatable bonds is 5. The molecule has 9 aromatic rings. The van der Waals surface area contributed by atoms with E-state index in [2.05, 4.69) is 189 Å². The molecular formula is C42H27BrN2S. The summed E-state index contributed by atoms with van der Waals surface area (Å²) in [5.41, 5.74) is 9.30. The maximum absolute atomic E-state index is 3.73. The fraction of sp³-hybridized carbons (Fsp3) is 0. The van der Waals surface area contributed by atoms with Crippen LogP contribution in [-0.4, -0.2) is 4.57 Å². The third-order valence-corrected chi connectivity index (χ3v) is 10.7. The molecule has 0 saturated carbocycles. The Kier molecular flexibility index (Phi) is 6.51. The molecular weight excluding hydrogens is 644 g/mol. The van der Waals surface area contributed by atoms with E-state index >= 15 is 0 Å². The summed E-state index contributed by atoms with van der Waals surface area (Å²) < 4.78 is 6.19. The molecule has 0 unspecified atom stereocenters. The Bertz CT molecular complexity index is 2530. The lowest BCUT2D eigenvalue weighted by Crippen LogP contribution is -2.10. The molecule has 7 aromatic carbocycles. The minimum atomic E-state index is 1.09. The van der Waals surface area contributed by atoms with E-state index in [1.54, 1.807) is 0 Å². The highest BCUT2D eigenvalue weighted by molar-refractivity contribution is 9.10. The molecule has 46 heavy (non-hydrogen) atoms. The average molecular weight is 672 g/mol. The fourth-order valence-corrected chi connectivity index (χ4v) is 8.42. The lowest BCUT2D eigenvalue weighted by atomic mass is 10.0. The normalized spacial score (nSPS) is 11.6. The van der Waals surface area contributed by atoms with Gasteiger partial charge >= 0.3 is 0 Å². The molecule has 0 aliphatic heterocycles. The number of halogens is 1. The monoisotopic (exact) mass is 670 g/mol. The summed E-state index contributed by atoms with van der Waals surface area (Å²) in [5, 5.41) is 5.15. The van der Waals surface area contributed by atoms with Crippen LogP contribution in [0.1, 0.15) is 0 Å². The Balaban J connectivity index is 1.30. The first kappa shape index (κ1) is 27.2. The van der Waals surface area contributed by atoms with Crippen LogP contribution in [0.4, 0.5) is 17.1 Å². The Hall–Kier alpha value is -5.16. The lowest BCUT2D eigenvalue weighted by molar-refractivity contribution is 1.18. The number of para-hydroxylation sites is 2. The van der Waals surface area contributed by atoms with Gasteiger partial charge in [-0.2, -0.15) is 0 Å². The van der Waals surface area contributed by atoms with Crippen molar-refractivity contribution in [1.82, 2.24) is 4.57 Å². The predicted octanol–water partition coefficient (Wildman–Crippen LogP) is 13.1. The van der Waals surface area contributed by atoms with Gasteiger partial charge in [-0.1, -0.05) is 113 Å². The number of nitrogens with zero attached hydrogens (tertiary/aromatic N) is 2. The van der Waals surface area contributed by atoms with Crippen molar-refractivity contribution in [3.63, 3.8) is 0 Å². The van der Waals surface area contributed by atoms with Crippen molar-refractivity contribution in [2.45, 2.75) is 0 Å². The molecule has 2 nitrogen and oxygen atoms in total. The standard InChI is InChI=1S/C42H27BrN2S/c43-37-17-9-7-15-33(37)28-19-21-31(22-20-28)44(29-11-3-1-4-12-29)32-23-24-34-35-25-26-40-41(36-16-8-10-18-39(36)46-40)42(35)45(38(34)27-32)30-13-5-2-6-14-30/h1-27H. The molecule has 0 bridgehead atoms. The zero-order chi connectivity index (χ0) is 30.6. The molecule has 0 N–H and O–H groups in total. The van der Waals surface area contributed by atoms with Gasteiger partial charge in [-0.25, -0.2) is 0 Å². The maximum Gasteiger partial charge on any atom is 0.0634 e. The van der Waals surface area contributed by atoms with E-state index < -0.39 is 0 Å². The maximum atomic E-state index is 3.73. The molecule has 2 aromatic heterocycles. The van der Waals surface area contributed by atoms with Crippen molar-refractivity contribution in [3.8, 4) is 16.8 Å². The van der Waals surface area contributed by atoms with E-state index in [0.29, 0.717) is 0 Å². The molecule has 0 aliphatic rings. The third-order valence-electron chi connectivity index (χ3n) is 8.85. The Morgan fingerprint density at radius 1 is 0.500 bits per heavy atom. The summed E-state index contributed by atoms with van der Waals surface area (Å²) >= 11 is 5.60. The highest BCUT2D eigenvalue weighted by Gasteiger charge is 2.20. The van der Waals surface area contributed by atoms with Crippen LogP contribution in [0.5, 0.6) is 0 Å². The molecule has 0 saturated heterocycles. The number of thiophene rings is 1. The first-order valence-electron chi connectivity index (χ1n) is 15.4. The minimum absolute atomic E-state index is 1.09. The van der Waals surface area contributed by atoms with Crippen LogP contribution >= 0.6 is 27.3 Å². The van der Waals surface area contributed by atoms with Gasteiger partial charge in [-0.05, 0) is 77.9 Å². The van der Waals surface area contributed by atoms with E-state index in [4.69, 9.17) is 0 Å². The average Bonchev–Trinajstić information content (AvgIpc) is 3.65. The van der Waals surface area contributed by atoms with Crippen molar-refractivity contribution in [1.29, 1.82) is 0 Å². The minimum Gasteiger partial charge on any atom is -0.310 e. The van der Waals surface area contributed by atoms with Crippen molar-refractivity contribution in [3.05, 3.63) is 168 Å². The summed E-state index contributed by atoms with van der Waals surface area (Å²) in [6.45, 7) is 0. The molecule has 0 aliphatic carbocycles. The number of fused-ring (bicyclic) bond motifs is 7. The first-order chi connectivity index (χ1) is 22.7. The van der Waals surface area contributed by atoms with E-state index in [0.717, 1.165) is 27.2 Å². The zero-order valence-electron chi connectivity index (χ0n) is 24.8. The molecule has 2 heterocycles. The Morgan fingerprint density at radius 2 is 1.15 bits per heavy atom. The van der Waals surface area contributed by atoms with Gasteiger partial charge in [0.1, 0.15) is 0 Å². The van der Waals surface area contributed by atoms with Crippen LogP contribution in [0, 0.1) is 0 Å². The fourth-order valence-electron chi connectivity index (χ4n) is 6.80. The summed E-state index contributed by atoms with van der Waals surface area (Å²) in [4.78, 5) is 2.35. The Morgan fingerprint density at radius 3 is 1.96 bits per heavy atom. The second-order valence-electron chi connectivity index (χ2n) is 11.5. The number of hydrogen-bond acceptors (Lipinski definition) is 2. The van der Waals surface area contributed by atoms with Gasteiger partial charge in [0.15, 0.2) is 0 Å². The summed E-state index contributed by atoms with van der Waals surface area (Å²) in [6, 6.07) is 59.0. The number of anilines is 3. The van der Waals surface area contributed by atoms with Crippen molar-refractivity contribution >= 4 is 86.3 Å². The quantitative estimate of drug-likeness (QED) is 0.177. The Labute approximate surface area is 279 Å². The third kappa shape index (κ3) is 4.37. The van der Waals surface area contributed by atoms with Gasteiger partial charge in [-0.3, -0.25) is 0 Å². The summed E-state index contributed by atoms with van der Waals surface area (Å²) in [7, 11) is 0. The molecule has 218 valence electrons. The molecule has 0 spiro atoms. The molecule has 0 amide bonds. The van der Waals surface area contributed by atoms with Gasteiger partial charge in [0, 0.05) is 58.2 Å². The van der Waals surface area contributed by atoms with E-state index in [-0.39, 0.29) is 0 Å². The molecule has 9 rings (SSSR count). The molecule has 0 fully saturated rings. The smallest absolute Gasteiger partial charge is 0.0634 e. The number of hydrogen-bond donors (Lipinski definition) is 0. The van der Waals surface area contributed by atoms with Crippen LogP contribution in [0.3, 0.4) is 0 Å². The largest absolute Gasteiger partial charge is 0.310 e. The van der Waals surface area contributed by atoms with Gasteiger partial charge in [0.05, 0.1) is 11.0 Å². The van der Waals surface area contributed by atoms with Gasteiger partial charge < -0.3 is 9.47 Å². The van der Waals surface area contributed by atoms with E-state index in [9.17, 15) is 0 Å². The highest BCUT2D eigenvalue weighted by atomic mass is 79.9. The number of aromatic nitrogens is 1. The highest BCUT2D eigenvalue weighted by Crippen LogP contribution is 2.45. The second-order valence-corrected chi connectivity index (χ2v) is 13.4. The van der Waals surface area contributed by atoms with Crippen LogP contribution in [0.2, 0.25) is 0 Å². The van der Waals surface area contributed by atoms with E-state index in [1.807, 2.05) is 11.3 Å². The first-order valence-corrected chi connectivity index (χ1v) is 17.0. The summed E-state index contributed by atoms with van der Waals surface area (Å²) in [6.07, 6.45) is 0. The van der Waals surface area contributed by atoms with E-state index in [1.165, 1.54) is 53.1 Å². The van der Waals surface area contributed by atoms with Crippen molar-refractivity contribution in [2.75, 3.05) is 4.90 Å². The topological polar surface area (TPSA) is 8.17 Å². The van der Waals surface area contributed by atoms with Crippen LogP contribution < -0.4 is 4.90 Å². The van der Waals surface area contributed by atoms with Gasteiger partial charge in [-0.15, -0.1) is 11.3 Å². The number of benzene rings is 7. The van der Waals surface area contributed by atoms with Crippen molar-refractivity contribution < 1.29 is 0 Å². The van der Waals surface area contributed by atoms with Gasteiger partial charge in [0.25, 0.3) is 0 Å². The molecule has 4 heteroatoms. The predicted molar refractivity (Wildman–Crippen MR) is 201 cm³/mol. The van der Waals surface area contributed by atoms with Gasteiger partial charge in [0.2, 0.25) is 0 Å². The lowest BCUT2D eigenvalue weighted by Gasteiger charge is -2.26. The van der Waals surface area contributed by atoms with Crippen LogP contribution in [0.15, 0.2) is 168 Å².